The minimum atomic E-state index is 0.215. The number of nitrogens with zero attached hydrogens (tertiary/aromatic N) is 3. The van der Waals surface area contributed by atoms with Crippen LogP contribution in [0.15, 0.2) is 45.3 Å². The number of aliphatic imine (C=N–C) groups is 1. The van der Waals surface area contributed by atoms with Gasteiger partial charge in [0, 0.05) is 24.0 Å². The van der Waals surface area contributed by atoms with Crippen molar-refractivity contribution in [2.45, 2.75) is 44.7 Å². The Morgan fingerprint density at radius 2 is 2.06 bits per heavy atom. The molecule has 2 fully saturated rings. The van der Waals surface area contributed by atoms with E-state index in [0.717, 1.165) is 37.9 Å². The van der Waals surface area contributed by atoms with E-state index in [-0.39, 0.29) is 6.04 Å². The minimum absolute atomic E-state index is 0.215. The summed E-state index contributed by atoms with van der Waals surface area (Å²) in [6, 6.07) is 9.23. The van der Waals surface area contributed by atoms with E-state index in [4.69, 9.17) is 9.41 Å². The maximum Gasteiger partial charge on any atom is 0.191 e. The number of piperidine rings is 1. The second-order valence-electron chi connectivity index (χ2n) is 8.72. The van der Waals surface area contributed by atoms with Crippen LogP contribution < -0.4 is 10.6 Å². The molecule has 4 heterocycles. The van der Waals surface area contributed by atoms with Crippen LogP contribution in [0.25, 0.3) is 0 Å². The zero-order valence-corrected chi connectivity index (χ0v) is 19.7. The van der Waals surface area contributed by atoms with Crippen molar-refractivity contribution < 1.29 is 4.42 Å². The molecule has 7 heteroatoms. The Balaban J connectivity index is 1.42. The quantitative estimate of drug-likeness (QED) is 0.475. The topological polar surface area (TPSA) is 56.0 Å². The van der Waals surface area contributed by atoms with E-state index < -0.39 is 0 Å². The van der Waals surface area contributed by atoms with Gasteiger partial charge in [0.15, 0.2) is 5.96 Å². The van der Waals surface area contributed by atoms with Crippen LogP contribution >= 0.6 is 11.3 Å². The maximum absolute atomic E-state index is 5.77. The van der Waals surface area contributed by atoms with E-state index in [9.17, 15) is 0 Å². The van der Waals surface area contributed by atoms with Crippen LogP contribution in [0.1, 0.15) is 55.3 Å². The predicted octanol–water partition coefficient (Wildman–Crippen LogP) is 4.12. The third-order valence-corrected chi connectivity index (χ3v) is 7.54. The summed E-state index contributed by atoms with van der Waals surface area (Å²) in [5.41, 5.74) is 0. The Bertz CT molecular complexity index is 785. The van der Waals surface area contributed by atoms with Crippen molar-refractivity contribution in [3.8, 4) is 0 Å². The molecule has 2 aromatic rings. The van der Waals surface area contributed by atoms with Crippen LogP contribution in [-0.2, 0) is 0 Å². The molecular weight excluding hydrogens is 406 g/mol. The Labute approximate surface area is 190 Å². The molecule has 0 radical (unpaired) electrons. The molecule has 3 atom stereocenters. The number of furan rings is 1. The lowest BCUT2D eigenvalue weighted by Crippen LogP contribution is -2.45. The highest BCUT2D eigenvalue weighted by molar-refractivity contribution is 7.10. The molecule has 0 amide bonds. The summed E-state index contributed by atoms with van der Waals surface area (Å²) < 4.78 is 5.77. The summed E-state index contributed by atoms with van der Waals surface area (Å²) in [4.78, 5) is 11.5. The van der Waals surface area contributed by atoms with Crippen LogP contribution in [0.3, 0.4) is 0 Å². The Hall–Kier alpha value is -1.83. The SMILES string of the molecule is CCNC(=NCC(c1ccco1)N1CCCC1)NCC1CCCN(C)C1c1cccs1. The molecule has 2 N–H and O–H groups in total. The van der Waals surface area contributed by atoms with Gasteiger partial charge in [-0.2, -0.15) is 0 Å². The summed E-state index contributed by atoms with van der Waals surface area (Å²) in [6.45, 7) is 8.07. The monoisotopic (exact) mass is 443 g/mol. The van der Waals surface area contributed by atoms with Gasteiger partial charge in [-0.1, -0.05) is 6.07 Å². The standard InChI is InChI=1S/C24H37N5OS/c1-3-25-24(27-18-20(21-10-7-15-30-21)29-13-4-5-14-29)26-17-19-9-6-12-28(2)23(19)22-11-8-16-31-22/h7-8,10-11,15-16,19-20,23H,3-6,9,12-14,17-18H2,1-2H3,(H2,25,26,27). The van der Waals surface area contributed by atoms with Crippen LogP contribution in [0, 0.1) is 5.92 Å². The van der Waals surface area contributed by atoms with Gasteiger partial charge in [0.05, 0.1) is 18.8 Å². The predicted molar refractivity (Wildman–Crippen MR) is 129 cm³/mol. The fourth-order valence-electron chi connectivity index (χ4n) is 5.05. The van der Waals surface area contributed by atoms with E-state index in [0.29, 0.717) is 18.5 Å². The molecule has 0 spiro atoms. The molecular formula is C24H37N5OS. The largest absolute Gasteiger partial charge is 0.468 e. The number of thiophene rings is 1. The van der Waals surface area contributed by atoms with E-state index in [1.165, 1.54) is 37.1 Å². The Kier molecular flexibility index (Phi) is 8.05. The van der Waals surface area contributed by atoms with Crippen molar-refractivity contribution in [3.05, 3.63) is 46.5 Å². The molecule has 2 aliphatic heterocycles. The van der Waals surface area contributed by atoms with E-state index in [2.05, 4.69) is 58.0 Å². The molecule has 2 saturated heterocycles. The molecule has 2 aromatic heterocycles. The molecule has 31 heavy (non-hydrogen) atoms. The van der Waals surface area contributed by atoms with Gasteiger partial charge in [0.2, 0.25) is 0 Å². The van der Waals surface area contributed by atoms with Gasteiger partial charge in [0.25, 0.3) is 0 Å². The first-order valence-corrected chi connectivity index (χ1v) is 12.7. The average molecular weight is 444 g/mol. The van der Waals surface area contributed by atoms with Crippen LogP contribution in [0.4, 0.5) is 0 Å². The summed E-state index contributed by atoms with van der Waals surface area (Å²) >= 11 is 1.88. The van der Waals surface area contributed by atoms with E-state index in [1.54, 1.807) is 6.26 Å². The molecule has 0 aromatic carbocycles. The zero-order valence-electron chi connectivity index (χ0n) is 18.9. The van der Waals surface area contributed by atoms with Gasteiger partial charge in [-0.25, -0.2) is 0 Å². The summed E-state index contributed by atoms with van der Waals surface area (Å²) in [5.74, 6) is 2.52. The first-order chi connectivity index (χ1) is 15.3. The first kappa shape index (κ1) is 22.4. The van der Waals surface area contributed by atoms with Crippen molar-refractivity contribution in [3.63, 3.8) is 0 Å². The molecule has 2 aliphatic rings. The fourth-order valence-corrected chi connectivity index (χ4v) is 6.03. The third-order valence-electron chi connectivity index (χ3n) is 6.59. The molecule has 0 aliphatic carbocycles. The van der Waals surface area contributed by atoms with Crippen LogP contribution in [0.2, 0.25) is 0 Å². The molecule has 4 rings (SSSR count). The molecule has 0 bridgehead atoms. The molecule has 170 valence electrons. The highest BCUT2D eigenvalue weighted by Crippen LogP contribution is 2.36. The fraction of sp³-hybridized carbons (Fsp3) is 0.625. The number of hydrogen-bond acceptors (Lipinski definition) is 5. The third kappa shape index (κ3) is 5.70. The van der Waals surface area contributed by atoms with Gasteiger partial charge in [-0.15, -0.1) is 11.3 Å². The van der Waals surface area contributed by atoms with Crippen LogP contribution in [-0.4, -0.2) is 62.1 Å². The second-order valence-corrected chi connectivity index (χ2v) is 9.70. The van der Waals surface area contributed by atoms with Crippen molar-refractivity contribution in [2.75, 3.05) is 46.3 Å². The van der Waals surface area contributed by atoms with Gasteiger partial charge in [-0.05, 0) is 88.8 Å². The molecule has 0 saturated carbocycles. The normalized spacial score (nSPS) is 24.4. The maximum atomic E-state index is 5.77. The van der Waals surface area contributed by atoms with Gasteiger partial charge in [0.1, 0.15) is 5.76 Å². The minimum Gasteiger partial charge on any atom is -0.468 e. The van der Waals surface area contributed by atoms with E-state index in [1.807, 2.05) is 17.4 Å². The lowest BCUT2D eigenvalue weighted by Gasteiger charge is -2.39. The first-order valence-electron chi connectivity index (χ1n) is 11.8. The Morgan fingerprint density at radius 1 is 1.19 bits per heavy atom. The van der Waals surface area contributed by atoms with Gasteiger partial charge in [-0.3, -0.25) is 14.8 Å². The lowest BCUT2D eigenvalue weighted by molar-refractivity contribution is 0.125. The van der Waals surface area contributed by atoms with Crippen molar-refractivity contribution >= 4 is 17.3 Å². The summed E-state index contributed by atoms with van der Waals surface area (Å²) in [5, 5.41) is 9.31. The smallest absolute Gasteiger partial charge is 0.191 e. The highest BCUT2D eigenvalue weighted by Gasteiger charge is 2.31. The lowest BCUT2D eigenvalue weighted by atomic mass is 9.88. The van der Waals surface area contributed by atoms with Gasteiger partial charge >= 0.3 is 0 Å². The summed E-state index contributed by atoms with van der Waals surface area (Å²) in [7, 11) is 2.26. The highest BCUT2D eigenvalue weighted by atomic mass is 32.1. The number of guanidine groups is 1. The van der Waals surface area contributed by atoms with E-state index >= 15 is 0 Å². The van der Waals surface area contributed by atoms with Gasteiger partial charge < -0.3 is 15.1 Å². The van der Waals surface area contributed by atoms with Crippen LogP contribution in [0.5, 0.6) is 0 Å². The van der Waals surface area contributed by atoms with Crippen molar-refractivity contribution in [1.82, 2.24) is 20.4 Å². The Morgan fingerprint density at radius 3 is 2.77 bits per heavy atom. The summed E-state index contributed by atoms with van der Waals surface area (Å²) in [6.07, 6.45) is 6.81. The zero-order chi connectivity index (χ0) is 21.5. The number of nitrogens with one attached hydrogen (secondary N) is 2. The second kappa shape index (κ2) is 11.2. The molecule has 6 nitrogen and oxygen atoms in total. The number of rotatable bonds is 8. The number of likely N-dealkylation sites (tertiary alicyclic amines) is 2. The number of hydrogen-bond donors (Lipinski definition) is 2. The average Bonchev–Trinajstić information content (AvgIpc) is 3.56. The van der Waals surface area contributed by atoms with Crippen molar-refractivity contribution in [1.29, 1.82) is 0 Å². The van der Waals surface area contributed by atoms with Crippen molar-refractivity contribution in [2.24, 2.45) is 10.9 Å². The molecule has 3 unspecified atom stereocenters.